The molecule has 0 N–H and O–H groups in total. The SMILES string of the molecule is CCCCCCOc1ccc(CCn2c(C)ccc2-c2ccc(O[C@H](Cc3ccccc3)C(=O)OCC)cc2)cc1. The Bertz CT molecular complexity index is 1330. The lowest BCUT2D eigenvalue weighted by Crippen LogP contribution is -2.31. The van der Waals surface area contributed by atoms with Crippen LogP contribution in [0.25, 0.3) is 11.3 Å². The van der Waals surface area contributed by atoms with Crippen molar-refractivity contribution in [3.05, 3.63) is 108 Å². The number of unbranched alkanes of at least 4 members (excludes halogenated alkanes) is 3. The molecule has 0 saturated heterocycles. The van der Waals surface area contributed by atoms with E-state index in [1.54, 1.807) is 0 Å². The maximum Gasteiger partial charge on any atom is 0.347 e. The summed E-state index contributed by atoms with van der Waals surface area (Å²) in [5.41, 5.74) is 5.80. The normalized spacial score (nSPS) is 11.7. The summed E-state index contributed by atoms with van der Waals surface area (Å²) in [4.78, 5) is 12.6. The zero-order valence-corrected chi connectivity index (χ0v) is 24.7. The molecule has 1 atom stereocenters. The van der Waals surface area contributed by atoms with E-state index in [9.17, 15) is 4.79 Å². The average Bonchev–Trinajstić information content (AvgIpc) is 3.37. The number of aryl methyl sites for hydroxylation is 2. The summed E-state index contributed by atoms with van der Waals surface area (Å²) in [6.45, 7) is 8.16. The second-order valence-electron chi connectivity index (χ2n) is 10.4. The zero-order chi connectivity index (χ0) is 28.9. The molecule has 0 amide bonds. The smallest absolute Gasteiger partial charge is 0.347 e. The van der Waals surface area contributed by atoms with Gasteiger partial charge in [0.25, 0.3) is 0 Å². The Labute approximate surface area is 245 Å². The highest BCUT2D eigenvalue weighted by Gasteiger charge is 2.22. The van der Waals surface area contributed by atoms with E-state index in [4.69, 9.17) is 14.2 Å². The second-order valence-corrected chi connectivity index (χ2v) is 10.4. The molecule has 41 heavy (non-hydrogen) atoms. The molecule has 0 aliphatic carbocycles. The van der Waals surface area contributed by atoms with Gasteiger partial charge in [-0.25, -0.2) is 4.79 Å². The van der Waals surface area contributed by atoms with Crippen LogP contribution in [0.2, 0.25) is 0 Å². The number of rotatable bonds is 16. The molecule has 0 aliphatic rings. The van der Waals surface area contributed by atoms with Crippen molar-refractivity contribution in [2.75, 3.05) is 13.2 Å². The van der Waals surface area contributed by atoms with Crippen LogP contribution in [0.4, 0.5) is 0 Å². The summed E-state index contributed by atoms with van der Waals surface area (Å²) < 4.78 is 19.7. The van der Waals surface area contributed by atoms with Crippen molar-refractivity contribution in [3.63, 3.8) is 0 Å². The molecule has 216 valence electrons. The highest BCUT2D eigenvalue weighted by atomic mass is 16.6. The minimum Gasteiger partial charge on any atom is -0.494 e. The quantitative estimate of drug-likeness (QED) is 0.104. The molecule has 0 bridgehead atoms. The first-order valence-electron chi connectivity index (χ1n) is 14.9. The molecule has 3 aromatic carbocycles. The molecule has 5 heteroatoms. The van der Waals surface area contributed by atoms with E-state index in [1.807, 2.05) is 49.4 Å². The van der Waals surface area contributed by atoms with Crippen LogP contribution in [0.3, 0.4) is 0 Å². The predicted octanol–water partition coefficient (Wildman–Crippen LogP) is 8.22. The first kappa shape index (κ1) is 30.0. The van der Waals surface area contributed by atoms with Crippen LogP contribution < -0.4 is 9.47 Å². The molecule has 0 aliphatic heterocycles. The van der Waals surface area contributed by atoms with E-state index in [0.717, 1.165) is 48.6 Å². The summed E-state index contributed by atoms with van der Waals surface area (Å²) in [7, 11) is 0. The van der Waals surface area contributed by atoms with Gasteiger partial charge >= 0.3 is 5.97 Å². The van der Waals surface area contributed by atoms with Gasteiger partial charge in [0.05, 0.1) is 13.2 Å². The minimum absolute atomic E-state index is 0.319. The van der Waals surface area contributed by atoms with E-state index in [2.05, 4.69) is 66.9 Å². The van der Waals surface area contributed by atoms with Crippen LogP contribution in [0.5, 0.6) is 11.5 Å². The first-order chi connectivity index (χ1) is 20.1. The van der Waals surface area contributed by atoms with Crippen LogP contribution in [0.15, 0.2) is 91.0 Å². The van der Waals surface area contributed by atoms with Gasteiger partial charge in [0.1, 0.15) is 11.5 Å². The number of carbonyl (C=O) groups excluding carboxylic acids is 1. The number of hydrogen-bond acceptors (Lipinski definition) is 4. The Morgan fingerprint density at radius 2 is 1.51 bits per heavy atom. The van der Waals surface area contributed by atoms with Crippen LogP contribution in [0.1, 0.15) is 56.4 Å². The largest absolute Gasteiger partial charge is 0.494 e. The van der Waals surface area contributed by atoms with Gasteiger partial charge in [-0.05, 0) is 91.9 Å². The van der Waals surface area contributed by atoms with Gasteiger partial charge in [-0.15, -0.1) is 0 Å². The number of ether oxygens (including phenoxy) is 3. The molecule has 0 saturated carbocycles. The lowest BCUT2D eigenvalue weighted by Gasteiger charge is -2.18. The van der Waals surface area contributed by atoms with Crippen molar-refractivity contribution in [1.29, 1.82) is 0 Å². The van der Waals surface area contributed by atoms with E-state index in [1.165, 1.54) is 30.5 Å². The van der Waals surface area contributed by atoms with Crippen molar-refractivity contribution >= 4 is 5.97 Å². The molecular weight excluding hydrogens is 510 g/mol. The van der Waals surface area contributed by atoms with E-state index < -0.39 is 6.10 Å². The van der Waals surface area contributed by atoms with Gasteiger partial charge in [-0.2, -0.15) is 0 Å². The Morgan fingerprint density at radius 3 is 2.22 bits per heavy atom. The van der Waals surface area contributed by atoms with Crippen molar-refractivity contribution < 1.29 is 19.0 Å². The molecule has 0 radical (unpaired) electrons. The van der Waals surface area contributed by atoms with E-state index >= 15 is 0 Å². The molecule has 0 fully saturated rings. The third kappa shape index (κ3) is 9.01. The number of carbonyl (C=O) groups is 1. The third-order valence-corrected chi connectivity index (χ3v) is 7.25. The van der Waals surface area contributed by atoms with Crippen LogP contribution in [0, 0.1) is 6.92 Å². The fourth-order valence-corrected chi connectivity index (χ4v) is 4.94. The molecule has 1 aromatic heterocycles. The van der Waals surface area contributed by atoms with Crippen LogP contribution in [-0.4, -0.2) is 29.9 Å². The highest BCUT2D eigenvalue weighted by Crippen LogP contribution is 2.26. The summed E-state index contributed by atoms with van der Waals surface area (Å²) in [5, 5.41) is 0. The second kappa shape index (κ2) is 15.7. The summed E-state index contributed by atoms with van der Waals surface area (Å²) in [6, 6.07) is 30.7. The van der Waals surface area contributed by atoms with Gasteiger partial charge in [0.15, 0.2) is 6.10 Å². The van der Waals surface area contributed by atoms with Gasteiger partial charge in [0, 0.05) is 24.4 Å². The Kier molecular flexibility index (Phi) is 11.5. The van der Waals surface area contributed by atoms with Crippen LogP contribution >= 0.6 is 0 Å². The minimum atomic E-state index is -0.702. The summed E-state index contributed by atoms with van der Waals surface area (Å²) in [5.74, 6) is 1.24. The number of benzene rings is 3. The Hall–Kier alpha value is -3.99. The highest BCUT2D eigenvalue weighted by molar-refractivity contribution is 5.75. The lowest BCUT2D eigenvalue weighted by molar-refractivity contribution is -0.151. The molecule has 5 nitrogen and oxygen atoms in total. The summed E-state index contributed by atoms with van der Waals surface area (Å²) in [6.07, 6.45) is 5.53. The zero-order valence-electron chi connectivity index (χ0n) is 24.7. The van der Waals surface area contributed by atoms with Gasteiger partial charge in [-0.3, -0.25) is 0 Å². The van der Waals surface area contributed by atoms with Crippen LogP contribution in [-0.2, 0) is 28.9 Å². The fourth-order valence-electron chi connectivity index (χ4n) is 4.94. The third-order valence-electron chi connectivity index (χ3n) is 7.25. The van der Waals surface area contributed by atoms with Gasteiger partial charge in [-0.1, -0.05) is 68.7 Å². The van der Waals surface area contributed by atoms with Crippen molar-refractivity contribution in [1.82, 2.24) is 4.57 Å². The maximum atomic E-state index is 12.6. The predicted molar refractivity (Wildman–Crippen MR) is 166 cm³/mol. The molecule has 4 rings (SSSR count). The lowest BCUT2D eigenvalue weighted by atomic mass is 10.1. The molecular formula is C36H43NO4. The van der Waals surface area contributed by atoms with Gasteiger partial charge < -0.3 is 18.8 Å². The van der Waals surface area contributed by atoms with Crippen molar-refractivity contribution in [2.45, 2.75) is 71.9 Å². The fraction of sp³-hybridized carbons (Fsp3) is 0.361. The molecule has 4 aromatic rings. The average molecular weight is 554 g/mol. The number of nitrogens with zero attached hydrogens (tertiary/aromatic N) is 1. The Balaban J connectivity index is 1.37. The molecule has 1 heterocycles. The standard InChI is InChI=1S/C36H43NO4/c1-4-6-7-11-26-40-32-19-15-29(16-20-32)24-25-37-28(3)14-23-34(37)31-17-21-33(22-18-31)41-35(36(38)39-5-2)27-30-12-9-8-10-13-30/h8-10,12-23,35H,4-7,11,24-27H2,1-3H3/t35-/m1/s1. The number of aromatic nitrogens is 1. The van der Waals surface area contributed by atoms with Gasteiger partial charge in [0.2, 0.25) is 0 Å². The van der Waals surface area contributed by atoms with Crippen molar-refractivity contribution in [2.24, 2.45) is 0 Å². The van der Waals surface area contributed by atoms with E-state index in [-0.39, 0.29) is 5.97 Å². The summed E-state index contributed by atoms with van der Waals surface area (Å²) >= 11 is 0. The first-order valence-corrected chi connectivity index (χ1v) is 14.9. The number of esters is 1. The molecule has 0 unspecified atom stereocenters. The maximum absolute atomic E-state index is 12.6. The van der Waals surface area contributed by atoms with E-state index in [0.29, 0.717) is 18.8 Å². The topological polar surface area (TPSA) is 49.7 Å². The Morgan fingerprint density at radius 1 is 0.780 bits per heavy atom. The monoisotopic (exact) mass is 553 g/mol. The van der Waals surface area contributed by atoms with Crippen molar-refractivity contribution in [3.8, 4) is 22.8 Å². The number of hydrogen-bond donors (Lipinski definition) is 0. The molecule has 0 spiro atoms.